The average molecular weight is 382 g/mol. The molecule has 0 bridgehead atoms. The highest BCUT2D eigenvalue weighted by molar-refractivity contribution is 5.92. The van der Waals surface area contributed by atoms with E-state index in [4.69, 9.17) is 10.5 Å². The van der Waals surface area contributed by atoms with Crippen LogP contribution in [-0.2, 0) is 6.42 Å². The van der Waals surface area contributed by atoms with E-state index >= 15 is 0 Å². The lowest BCUT2D eigenvalue weighted by Gasteiger charge is -2.23. The third kappa shape index (κ3) is 5.09. The van der Waals surface area contributed by atoms with E-state index < -0.39 is 12.2 Å². The number of ether oxygens (including phenoxy) is 1. The van der Waals surface area contributed by atoms with Gasteiger partial charge in [0.1, 0.15) is 5.75 Å². The number of nitrogens with two attached hydrogens (primary N) is 1. The zero-order valence-electron chi connectivity index (χ0n) is 16.1. The fraction of sp³-hybridized carbons (Fsp3) is 0.333. The number of nitrogens with zero attached hydrogens (tertiary/aromatic N) is 1. The molecule has 0 aliphatic rings. The number of hydrogen-bond donors (Lipinski definition) is 4. The predicted octanol–water partition coefficient (Wildman–Crippen LogP) is 2.22. The molecular formula is C21H26N4O3. The highest BCUT2D eigenvalue weighted by atomic mass is 16.6. The Morgan fingerprint density at radius 3 is 2.71 bits per heavy atom. The van der Waals surface area contributed by atoms with Gasteiger partial charge in [0.05, 0.1) is 23.9 Å². The van der Waals surface area contributed by atoms with Gasteiger partial charge in [0, 0.05) is 17.7 Å². The first kappa shape index (κ1) is 19.9. The molecule has 7 heteroatoms. The van der Waals surface area contributed by atoms with Crippen molar-refractivity contribution in [2.75, 3.05) is 6.54 Å². The molecule has 1 heterocycles. The van der Waals surface area contributed by atoms with Crippen molar-refractivity contribution >= 4 is 16.9 Å². The van der Waals surface area contributed by atoms with Crippen LogP contribution in [0, 0.1) is 5.92 Å². The van der Waals surface area contributed by atoms with Crippen LogP contribution in [0.5, 0.6) is 5.75 Å². The Bertz CT molecular complexity index is 923. The molecule has 3 unspecified atom stereocenters. The summed E-state index contributed by atoms with van der Waals surface area (Å²) in [7, 11) is 0. The molecule has 0 aliphatic heterocycles. The second kappa shape index (κ2) is 8.86. The van der Waals surface area contributed by atoms with Gasteiger partial charge in [-0.05, 0) is 49.1 Å². The van der Waals surface area contributed by atoms with Crippen molar-refractivity contribution in [3.05, 3.63) is 59.9 Å². The molecule has 0 saturated heterocycles. The van der Waals surface area contributed by atoms with Crippen molar-refractivity contribution in [2.45, 2.75) is 32.6 Å². The molecule has 2 aromatic carbocycles. The number of imidazole rings is 1. The number of aromatic amines is 1. The van der Waals surface area contributed by atoms with Crippen molar-refractivity contribution in [2.24, 2.45) is 11.7 Å². The number of amides is 1. The molecule has 3 rings (SSSR count). The van der Waals surface area contributed by atoms with Crippen LogP contribution >= 0.6 is 0 Å². The van der Waals surface area contributed by atoms with Crippen LogP contribution in [0.3, 0.4) is 0 Å². The van der Waals surface area contributed by atoms with Gasteiger partial charge in [0.2, 0.25) is 12.2 Å². The van der Waals surface area contributed by atoms with Crippen molar-refractivity contribution in [3.8, 4) is 5.75 Å². The summed E-state index contributed by atoms with van der Waals surface area (Å²) in [5.74, 6) is 0.490. The highest BCUT2D eigenvalue weighted by Crippen LogP contribution is 2.18. The summed E-state index contributed by atoms with van der Waals surface area (Å²) in [5, 5.41) is 13.5. The molecule has 0 aliphatic carbocycles. The molecule has 5 N–H and O–H groups in total. The summed E-state index contributed by atoms with van der Waals surface area (Å²) in [4.78, 5) is 18.3. The topological polar surface area (TPSA) is 113 Å². The molecule has 1 aromatic heterocycles. The number of nitrogens with one attached hydrogen (secondary N) is 2. The van der Waals surface area contributed by atoms with Crippen LogP contribution < -0.4 is 15.8 Å². The van der Waals surface area contributed by atoms with Gasteiger partial charge in [-0.1, -0.05) is 19.1 Å². The predicted molar refractivity (Wildman–Crippen MR) is 108 cm³/mol. The van der Waals surface area contributed by atoms with Crippen LogP contribution in [-0.4, -0.2) is 39.9 Å². The molecule has 7 nitrogen and oxygen atoms in total. The summed E-state index contributed by atoms with van der Waals surface area (Å²) >= 11 is 0. The fourth-order valence-corrected chi connectivity index (χ4v) is 3.03. The Morgan fingerprint density at radius 2 is 2.00 bits per heavy atom. The first-order chi connectivity index (χ1) is 13.4. The van der Waals surface area contributed by atoms with Crippen molar-refractivity contribution in [1.29, 1.82) is 0 Å². The van der Waals surface area contributed by atoms with Crippen LogP contribution in [0.4, 0.5) is 0 Å². The lowest BCUT2D eigenvalue weighted by Crippen LogP contribution is -2.40. The van der Waals surface area contributed by atoms with E-state index in [0.29, 0.717) is 23.8 Å². The minimum Gasteiger partial charge on any atom is -0.464 e. The number of benzene rings is 2. The first-order valence-electron chi connectivity index (χ1n) is 9.32. The molecule has 3 atom stereocenters. The molecule has 0 radical (unpaired) electrons. The number of fused-ring (bicyclic) bond motifs is 1. The van der Waals surface area contributed by atoms with Gasteiger partial charge in [-0.25, -0.2) is 4.98 Å². The van der Waals surface area contributed by atoms with Crippen molar-refractivity contribution in [1.82, 2.24) is 15.3 Å². The van der Waals surface area contributed by atoms with Gasteiger partial charge in [0.25, 0.3) is 0 Å². The van der Waals surface area contributed by atoms with Crippen LogP contribution in [0.15, 0.2) is 48.8 Å². The molecule has 3 aromatic rings. The Balaban J connectivity index is 1.46. The van der Waals surface area contributed by atoms with Crippen LogP contribution in [0.2, 0.25) is 0 Å². The SMILES string of the molecule is CC(Cc1ccc(C(N)=O)cc1)C(C)NCC(O)Oc1ccc2nc[nH]c2c1. The number of hydrogen-bond acceptors (Lipinski definition) is 5. The van der Waals surface area contributed by atoms with Gasteiger partial charge < -0.3 is 25.9 Å². The number of aliphatic hydroxyl groups excluding tert-OH is 1. The first-order valence-corrected chi connectivity index (χ1v) is 9.32. The molecule has 28 heavy (non-hydrogen) atoms. The van der Waals surface area contributed by atoms with Gasteiger partial charge in [-0.2, -0.15) is 0 Å². The van der Waals surface area contributed by atoms with Crippen molar-refractivity contribution in [3.63, 3.8) is 0 Å². The number of aliphatic hydroxyl groups is 1. The summed E-state index contributed by atoms with van der Waals surface area (Å²) in [6.45, 7) is 4.53. The van der Waals surface area contributed by atoms with E-state index in [1.807, 2.05) is 24.3 Å². The summed E-state index contributed by atoms with van der Waals surface area (Å²) in [6.07, 6.45) is 1.52. The highest BCUT2D eigenvalue weighted by Gasteiger charge is 2.15. The van der Waals surface area contributed by atoms with Crippen LogP contribution in [0.1, 0.15) is 29.8 Å². The van der Waals surface area contributed by atoms with Crippen LogP contribution in [0.25, 0.3) is 11.0 Å². The Hall–Kier alpha value is -2.90. The zero-order valence-corrected chi connectivity index (χ0v) is 16.1. The molecule has 148 valence electrons. The van der Waals surface area contributed by atoms with Crippen molar-refractivity contribution < 1.29 is 14.6 Å². The van der Waals surface area contributed by atoms with Gasteiger partial charge >= 0.3 is 0 Å². The Morgan fingerprint density at radius 1 is 1.25 bits per heavy atom. The number of H-pyrrole nitrogens is 1. The minimum atomic E-state index is -0.954. The van der Waals surface area contributed by atoms with Gasteiger partial charge in [-0.15, -0.1) is 0 Å². The number of carbonyl (C=O) groups is 1. The minimum absolute atomic E-state index is 0.171. The maximum Gasteiger partial charge on any atom is 0.248 e. The lowest BCUT2D eigenvalue weighted by molar-refractivity contribution is -0.0175. The molecule has 0 saturated carbocycles. The summed E-state index contributed by atoms with van der Waals surface area (Å²) < 4.78 is 5.58. The van der Waals surface area contributed by atoms with E-state index in [9.17, 15) is 9.90 Å². The maximum atomic E-state index is 11.1. The summed E-state index contributed by atoms with van der Waals surface area (Å²) in [6, 6.07) is 13.0. The smallest absolute Gasteiger partial charge is 0.248 e. The quantitative estimate of drug-likeness (QED) is 0.424. The largest absolute Gasteiger partial charge is 0.464 e. The third-order valence-corrected chi connectivity index (χ3v) is 4.93. The molecule has 0 spiro atoms. The molecular weight excluding hydrogens is 356 g/mol. The standard InChI is InChI=1S/C21H26N4O3/c1-13(9-15-3-5-16(6-4-15)21(22)27)14(2)23-11-20(26)28-17-7-8-18-19(10-17)25-12-24-18/h3-8,10,12-14,20,23,26H,9,11H2,1-2H3,(H2,22,27)(H,24,25). The second-order valence-electron chi connectivity index (χ2n) is 7.09. The van der Waals surface area contributed by atoms with Gasteiger partial charge in [-0.3, -0.25) is 4.79 Å². The Kier molecular flexibility index (Phi) is 6.28. The number of aromatic nitrogens is 2. The zero-order chi connectivity index (χ0) is 20.1. The van der Waals surface area contributed by atoms with Gasteiger partial charge in [0.15, 0.2) is 0 Å². The van der Waals surface area contributed by atoms with E-state index in [-0.39, 0.29) is 6.04 Å². The monoisotopic (exact) mass is 382 g/mol. The molecule has 0 fully saturated rings. The Labute approximate surface area is 163 Å². The van der Waals surface area contributed by atoms with E-state index in [1.54, 1.807) is 24.5 Å². The second-order valence-corrected chi connectivity index (χ2v) is 7.09. The normalized spacial score (nSPS) is 14.5. The number of rotatable bonds is 9. The number of primary amides is 1. The molecule has 1 amide bonds. The summed E-state index contributed by atoms with van der Waals surface area (Å²) in [5.41, 5.74) is 8.63. The third-order valence-electron chi connectivity index (χ3n) is 4.93. The average Bonchev–Trinajstić information content (AvgIpc) is 3.14. The number of carbonyl (C=O) groups excluding carboxylic acids is 1. The maximum absolute atomic E-state index is 11.1. The van der Waals surface area contributed by atoms with E-state index in [2.05, 4.69) is 29.1 Å². The fourth-order valence-electron chi connectivity index (χ4n) is 3.03. The van der Waals surface area contributed by atoms with E-state index in [0.717, 1.165) is 23.0 Å². The lowest BCUT2D eigenvalue weighted by atomic mass is 9.94. The van der Waals surface area contributed by atoms with E-state index in [1.165, 1.54) is 0 Å².